The van der Waals surface area contributed by atoms with Crippen molar-refractivity contribution in [1.29, 1.82) is 0 Å². The molecule has 0 spiro atoms. The number of hydrogen-bond donors (Lipinski definition) is 1. The molecule has 2 aromatic carbocycles. The van der Waals surface area contributed by atoms with E-state index in [-0.39, 0.29) is 17.9 Å². The minimum atomic E-state index is -1.10. The third-order valence-electron chi connectivity index (χ3n) is 2.84. The average Bonchev–Trinajstić information content (AvgIpc) is 2.49. The minimum Gasteiger partial charge on any atom is -0.478 e. The highest BCUT2D eigenvalue weighted by Gasteiger charge is 2.23. The molecule has 0 aliphatic rings. The lowest BCUT2D eigenvalue weighted by atomic mass is 10.1. The van der Waals surface area contributed by atoms with Crippen LogP contribution in [0.3, 0.4) is 0 Å². The fourth-order valence-electron chi connectivity index (χ4n) is 1.96. The number of para-hydroxylation sites is 2. The van der Waals surface area contributed by atoms with Crippen LogP contribution < -0.4 is 4.90 Å². The molecule has 0 aliphatic carbocycles. The normalized spacial score (nSPS) is 9.95. The molecule has 108 valence electrons. The molecule has 0 aliphatic heterocycles. The van der Waals surface area contributed by atoms with Crippen molar-refractivity contribution >= 4 is 23.4 Å². The van der Waals surface area contributed by atoms with Crippen LogP contribution in [0.15, 0.2) is 54.6 Å². The summed E-state index contributed by atoms with van der Waals surface area (Å²) in [6.07, 6.45) is -0.614. The number of aromatic carboxylic acids is 1. The summed E-state index contributed by atoms with van der Waals surface area (Å²) >= 11 is 0. The molecule has 0 aromatic heterocycles. The van der Waals surface area contributed by atoms with Crippen LogP contribution in [0.5, 0.6) is 0 Å². The highest BCUT2D eigenvalue weighted by atomic mass is 16.6. The monoisotopic (exact) mass is 285 g/mol. The summed E-state index contributed by atoms with van der Waals surface area (Å²) in [5.41, 5.74) is 0.855. The Kier molecular flexibility index (Phi) is 4.56. The van der Waals surface area contributed by atoms with Crippen molar-refractivity contribution in [2.75, 3.05) is 11.5 Å². The van der Waals surface area contributed by atoms with Gasteiger partial charge in [0.2, 0.25) is 0 Å². The van der Waals surface area contributed by atoms with Crippen LogP contribution in [0.1, 0.15) is 17.3 Å². The summed E-state index contributed by atoms with van der Waals surface area (Å²) in [6.45, 7) is 1.90. The van der Waals surface area contributed by atoms with E-state index in [1.807, 2.05) is 6.07 Å². The lowest BCUT2D eigenvalue weighted by Crippen LogP contribution is -2.28. The number of carboxylic acid groups (broad SMARTS) is 1. The number of hydrogen-bond acceptors (Lipinski definition) is 3. The maximum atomic E-state index is 12.2. The smallest absolute Gasteiger partial charge is 0.418 e. The van der Waals surface area contributed by atoms with Gasteiger partial charge in [0.1, 0.15) is 0 Å². The largest absolute Gasteiger partial charge is 0.478 e. The molecule has 0 atom stereocenters. The number of carboxylic acids is 1. The van der Waals surface area contributed by atoms with Gasteiger partial charge in [-0.1, -0.05) is 30.3 Å². The van der Waals surface area contributed by atoms with E-state index < -0.39 is 12.1 Å². The van der Waals surface area contributed by atoms with Gasteiger partial charge in [0.25, 0.3) is 0 Å². The number of nitrogens with zero attached hydrogens (tertiary/aromatic N) is 1. The van der Waals surface area contributed by atoms with E-state index in [9.17, 15) is 14.7 Å². The summed E-state index contributed by atoms with van der Waals surface area (Å²) in [7, 11) is 0. The first kappa shape index (κ1) is 14.6. The van der Waals surface area contributed by atoms with Crippen molar-refractivity contribution in [3.05, 3.63) is 60.2 Å². The Morgan fingerprint density at radius 1 is 1.05 bits per heavy atom. The molecule has 1 amide bonds. The SMILES string of the molecule is CCOC(=O)N(c1ccccc1)c1ccccc1C(=O)O. The minimum absolute atomic E-state index is 0.0365. The van der Waals surface area contributed by atoms with Crippen molar-refractivity contribution in [3.63, 3.8) is 0 Å². The zero-order valence-electron chi connectivity index (χ0n) is 11.5. The van der Waals surface area contributed by atoms with Gasteiger partial charge >= 0.3 is 12.1 Å². The van der Waals surface area contributed by atoms with Crippen LogP contribution in [0.2, 0.25) is 0 Å². The Balaban J connectivity index is 2.56. The van der Waals surface area contributed by atoms with Crippen molar-refractivity contribution in [2.24, 2.45) is 0 Å². The molecule has 0 saturated heterocycles. The first-order valence-corrected chi connectivity index (χ1v) is 6.49. The van der Waals surface area contributed by atoms with E-state index >= 15 is 0 Å². The summed E-state index contributed by atoms with van der Waals surface area (Å²) in [5, 5.41) is 9.29. The Morgan fingerprint density at radius 3 is 2.29 bits per heavy atom. The van der Waals surface area contributed by atoms with Crippen molar-refractivity contribution in [2.45, 2.75) is 6.92 Å². The fourth-order valence-corrected chi connectivity index (χ4v) is 1.96. The molecule has 0 heterocycles. The number of anilines is 2. The molecule has 0 bridgehead atoms. The Hall–Kier alpha value is -2.82. The molecule has 0 unspecified atom stereocenters. The third kappa shape index (κ3) is 3.20. The molecule has 0 fully saturated rings. The van der Waals surface area contributed by atoms with E-state index in [4.69, 9.17) is 4.74 Å². The van der Waals surface area contributed by atoms with Gasteiger partial charge in [-0.05, 0) is 31.2 Å². The fraction of sp³-hybridized carbons (Fsp3) is 0.125. The van der Waals surface area contributed by atoms with Gasteiger partial charge in [-0.15, -0.1) is 0 Å². The Morgan fingerprint density at radius 2 is 1.67 bits per heavy atom. The Labute approximate surface area is 122 Å². The second-order valence-corrected chi connectivity index (χ2v) is 4.19. The van der Waals surface area contributed by atoms with Crippen molar-refractivity contribution in [3.8, 4) is 0 Å². The molecular formula is C16H15NO4. The summed E-state index contributed by atoms with van der Waals surface area (Å²) < 4.78 is 5.04. The Bertz CT molecular complexity index is 640. The van der Waals surface area contributed by atoms with Crippen LogP contribution >= 0.6 is 0 Å². The summed E-state index contributed by atoms with van der Waals surface area (Å²) in [4.78, 5) is 24.8. The number of amides is 1. The predicted octanol–water partition coefficient (Wildman–Crippen LogP) is 3.68. The molecule has 2 rings (SSSR count). The molecular weight excluding hydrogens is 270 g/mol. The maximum absolute atomic E-state index is 12.2. The van der Waals surface area contributed by atoms with Crippen LogP contribution in [-0.4, -0.2) is 23.8 Å². The van der Waals surface area contributed by atoms with Gasteiger partial charge in [-0.25, -0.2) is 14.5 Å². The van der Waals surface area contributed by atoms with Crippen LogP contribution in [0.4, 0.5) is 16.2 Å². The second kappa shape index (κ2) is 6.56. The van der Waals surface area contributed by atoms with Crippen LogP contribution in [-0.2, 0) is 4.74 Å². The maximum Gasteiger partial charge on any atom is 0.418 e. The molecule has 21 heavy (non-hydrogen) atoms. The molecule has 2 aromatic rings. The highest BCUT2D eigenvalue weighted by molar-refractivity contribution is 6.03. The first-order chi connectivity index (χ1) is 10.1. The van der Waals surface area contributed by atoms with Gasteiger partial charge < -0.3 is 9.84 Å². The topological polar surface area (TPSA) is 66.8 Å². The van der Waals surface area contributed by atoms with E-state index in [1.165, 1.54) is 11.0 Å². The molecule has 5 nitrogen and oxygen atoms in total. The zero-order valence-corrected chi connectivity index (χ0v) is 11.5. The summed E-state index contributed by atoms with van der Waals surface area (Å²) in [6, 6.07) is 15.1. The average molecular weight is 285 g/mol. The molecule has 1 N–H and O–H groups in total. The van der Waals surface area contributed by atoms with E-state index in [2.05, 4.69) is 0 Å². The molecule has 0 radical (unpaired) electrons. The number of benzene rings is 2. The quantitative estimate of drug-likeness (QED) is 0.930. The van der Waals surface area contributed by atoms with E-state index in [0.29, 0.717) is 5.69 Å². The van der Waals surface area contributed by atoms with Crippen LogP contribution in [0.25, 0.3) is 0 Å². The van der Waals surface area contributed by atoms with Gasteiger partial charge in [-0.2, -0.15) is 0 Å². The standard InChI is InChI=1S/C16H15NO4/c1-2-21-16(20)17(12-8-4-3-5-9-12)14-11-7-6-10-13(14)15(18)19/h3-11H,2H2,1H3,(H,18,19). The number of carbonyl (C=O) groups excluding carboxylic acids is 1. The van der Waals surface area contributed by atoms with Gasteiger partial charge in [0.15, 0.2) is 0 Å². The lowest BCUT2D eigenvalue weighted by Gasteiger charge is -2.23. The van der Waals surface area contributed by atoms with Gasteiger partial charge in [-0.3, -0.25) is 0 Å². The van der Waals surface area contributed by atoms with Gasteiger partial charge in [0, 0.05) is 0 Å². The molecule has 0 saturated carbocycles. The predicted molar refractivity (Wildman–Crippen MR) is 79.0 cm³/mol. The van der Waals surface area contributed by atoms with E-state index in [1.54, 1.807) is 49.4 Å². The lowest BCUT2D eigenvalue weighted by molar-refractivity contribution is 0.0698. The number of rotatable bonds is 4. The van der Waals surface area contributed by atoms with Crippen LogP contribution in [0, 0.1) is 0 Å². The number of ether oxygens (including phenoxy) is 1. The second-order valence-electron chi connectivity index (χ2n) is 4.19. The molecule has 5 heteroatoms. The number of carbonyl (C=O) groups is 2. The summed E-state index contributed by atoms with van der Waals surface area (Å²) in [5.74, 6) is -1.10. The van der Waals surface area contributed by atoms with Crippen molar-refractivity contribution in [1.82, 2.24) is 0 Å². The zero-order chi connectivity index (χ0) is 15.2. The van der Waals surface area contributed by atoms with Crippen molar-refractivity contribution < 1.29 is 19.4 Å². The third-order valence-corrected chi connectivity index (χ3v) is 2.84. The first-order valence-electron chi connectivity index (χ1n) is 6.49. The highest BCUT2D eigenvalue weighted by Crippen LogP contribution is 2.29. The van der Waals surface area contributed by atoms with E-state index in [0.717, 1.165) is 0 Å². The van der Waals surface area contributed by atoms with Gasteiger partial charge in [0.05, 0.1) is 23.5 Å².